The molecule has 102 valence electrons. The Labute approximate surface area is 122 Å². The standard InChI is InChI=1S/C16H17N3S/c17-12-15-14-8-4-5-9-16(14)19(18-15)10-11-20-13-6-2-1-3-7-13/h1-9H,10-12,17H2. The highest BCUT2D eigenvalue weighted by Gasteiger charge is 2.08. The Balaban J connectivity index is 1.74. The fourth-order valence-electron chi connectivity index (χ4n) is 2.28. The normalized spacial score (nSPS) is 11.1. The van der Waals surface area contributed by atoms with Crippen molar-refractivity contribution in [2.24, 2.45) is 5.73 Å². The van der Waals surface area contributed by atoms with Gasteiger partial charge in [0.05, 0.1) is 17.8 Å². The van der Waals surface area contributed by atoms with E-state index >= 15 is 0 Å². The molecule has 0 spiro atoms. The molecule has 0 aliphatic rings. The van der Waals surface area contributed by atoms with Crippen LogP contribution in [0.15, 0.2) is 59.5 Å². The molecule has 0 atom stereocenters. The molecular formula is C16H17N3S. The van der Waals surface area contributed by atoms with Crippen LogP contribution in [0.1, 0.15) is 5.69 Å². The van der Waals surface area contributed by atoms with E-state index in [1.54, 1.807) is 0 Å². The van der Waals surface area contributed by atoms with Crippen LogP contribution in [0, 0.1) is 0 Å². The van der Waals surface area contributed by atoms with Crippen LogP contribution < -0.4 is 5.73 Å². The van der Waals surface area contributed by atoms with Crippen LogP contribution in [0.25, 0.3) is 10.9 Å². The average molecular weight is 283 g/mol. The van der Waals surface area contributed by atoms with Crippen LogP contribution in [0.2, 0.25) is 0 Å². The minimum Gasteiger partial charge on any atom is -0.325 e. The summed E-state index contributed by atoms with van der Waals surface area (Å²) in [6.07, 6.45) is 0. The molecule has 2 aromatic carbocycles. The first-order chi connectivity index (χ1) is 9.88. The molecule has 0 saturated heterocycles. The highest BCUT2D eigenvalue weighted by Crippen LogP contribution is 2.21. The summed E-state index contributed by atoms with van der Waals surface area (Å²) in [5.74, 6) is 1.000. The number of hydrogen-bond donors (Lipinski definition) is 1. The third-order valence-electron chi connectivity index (χ3n) is 3.24. The van der Waals surface area contributed by atoms with E-state index in [0.717, 1.165) is 18.0 Å². The maximum atomic E-state index is 5.77. The zero-order valence-corrected chi connectivity index (χ0v) is 12.0. The van der Waals surface area contributed by atoms with Gasteiger partial charge in [0, 0.05) is 22.6 Å². The second kappa shape index (κ2) is 6.11. The molecule has 0 radical (unpaired) electrons. The first-order valence-electron chi connectivity index (χ1n) is 6.71. The van der Waals surface area contributed by atoms with Gasteiger partial charge in [-0.2, -0.15) is 5.10 Å². The lowest BCUT2D eigenvalue weighted by molar-refractivity contribution is 0.674. The van der Waals surface area contributed by atoms with Crippen molar-refractivity contribution in [1.29, 1.82) is 0 Å². The summed E-state index contributed by atoms with van der Waals surface area (Å²) in [4.78, 5) is 1.29. The molecule has 3 aromatic rings. The van der Waals surface area contributed by atoms with E-state index in [4.69, 9.17) is 5.73 Å². The molecule has 3 rings (SSSR count). The summed E-state index contributed by atoms with van der Waals surface area (Å²) >= 11 is 1.85. The van der Waals surface area contributed by atoms with Gasteiger partial charge in [-0.05, 0) is 18.2 Å². The van der Waals surface area contributed by atoms with Gasteiger partial charge in [0.1, 0.15) is 0 Å². The highest BCUT2D eigenvalue weighted by atomic mass is 32.2. The smallest absolute Gasteiger partial charge is 0.0838 e. The van der Waals surface area contributed by atoms with Gasteiger partial charge in [-0.25, -0.2) is 0 Å². The Bertz CT molecular complexity index is 691. The predicted molar refractivity (Wildman–Crippen MR) is 84.8 cm³/mol. The van der Waals surface area contributed by atoms with E-state index in [0.29, 0.717) is 6.54 Å². The molecule has 0 saturated carbocycles. The number of nitrogens with two attached hydrogens (primary N) is 1. The number of nitrogens with zero attached hydrogens (tertiary/aromatic N) is 2. The van der Waals surface area contributed by atoms with Crippen molar-refractivity contribution in [1.82, 2.24) is 9.78 Å². The molecule has 2 N–H and O–H groups in total. The average Bonchev–Trinajstić information content (AvgIpc) is 2.87. The number of hydrogen-bond acceptors (Lipinski definition) is 3. The van der Waals surface area contributed by atoms with Crippen LogP contribution in [-0.2, 0) is 13.1 Å². The van der Waals surface area contributed by atoms with E-state index in [2.05, 4.69) is 46.2 Å². The zero-order valence-electron chi connectivity index (χ0n) is 11.2. The molecule has 0 fully saturated rings. The minimum absolute atomic E-state index is 0.485. The molecule has 0 aliphatic carbocycles. The molecule has 3 nitrogen and oxygen atoms in total. The van der Waals surface area contributed by atoms with Crippen molar-refractivity contribution >= 4 is 22.7 Å². The van der Waals surface area contributed by atoms with Crippen molar-refractivity contribution in [2.45, 2.75) is 18.0 Å². The predicted octanol–water partition coefficient (Wildman–Crippen LogP) is 3.29. The molecule has 0 amide bonds. The lowest BCUT2D eigenvalue weighted by Gasteiger charge is -2.03. The maximum Gasteiger partial charge on any atom is 0.0838 e. The zero-order chi connectivity index (χ0) is 13.8. The Morgan fingerprint density at radius 2 is 1.75 bits per heavy atom. The van der Waals surface area contributed by atoms with E-state index < -0.39 is 0 Å². The molecule has 1 aromatic heterocycles. The van der Waals surface area contributed by atoms with Gasteiger partial charge < -0.3 is 5.73 Å². The number of fused-ring (bicyclic) bond motifs is 1. The quantitative estimate of drug-likeness (QED) is 0.731. The SMILES string of the molecule is NCc1nn(CCSc2ccccc2)c2ccccc12. The fourth-order valence-corrected chi connectivity index (χ4v) is 3.13. The van der Waals surface area contributed by atoms with E-state index in [1.165, 1.54) is 15.8 Å². The van der Waals surface area contributed by atoms with Crippen molar-refractivity contribution in [3.63, 3.8) is 0 Å². The summed E-state index contributed by atoms with van der Waals surface area (Å²) in [5, 5.41) is 5.78. The van der Waals surface area contributed by atoms with Crippen molar-refractivity contribution in [2.75, 3.05) is 5.75 Å². The van der Waals surface area contributed by atoms with Crippen LogP contribution in [0.4, 0.5) is 0 Å². The Kier molecular flexibility index (Phi) is 4.04. The molecule has 0 aliphatic heterocycles. The monoisotopic (exact) mass is 283 g/mol. The minimum atomic E-state index is 0.485. The summed E-state index contributed by atoms with van der Waals surface area (Å²) in [6.45, 7) is 1.37. The largest absolute Gasteiger partial charge is 0.325 e. The second-order valence-electron chi connectivity index (χ2n) is 4.55. The molecular weight excluding hydrogens is 266 g/mol. The number of thioether (sulfide) groups is 1. The van der Waals surface area contributed by atoms with E-state index in [-0.39, 0.29) is 0 Å². The number of rotatable bonds is 5. The van der Waals surface area contributed by atoms with Crippen molar-refractivity contribution in [3.8, 4) is 0 Å². The van der Waals surface area contributed by atoms with Crippen LogP contribution in [0.3, 0.4) is 0 Å². The molecule has 0 unspecified atom stereocenters. The summed E-state index contributed by atoms with van der Waals surface area (Å²) < 4.78 is 2.06. The van der Waals surface area contributed by atoms with Gasteiger partial charge in [0.2, 0.25) is 0 Å². The van der Waals surface area contributed by atoms with E-state index in [1.807, 2.05) is 30.0 Å². The Hall–Kier alpha value is -1.78. The molecule has 0 bridgehead atoms. The lowest BCUT2D eigenvalue weighted by Crippen LogP contribution is -2.04. The van der Waals surface area contributed by atoms with Gasteiger partial charge in [0.25, 0.3) is 0 Å². The number of aromatic nitrogens is 2. The maximum absolute atomic E-state index is 5.77. The fraction of sp³-hybridized carbons (Fsp3) is 0.188. The number of aryl methyl sites for hydroxylation is 1. The topological polar surface area (TPSA) is 43.8 Å². The molecule has 1 heterocycles. The number of benzene rings is 2. The summed E-state index contributed by atoms with van der Waals surface area (Å²) in [6, 6.07) is 18.7. The van der Waals surface area contributed by atoms with Crippen LogP contribution in [-0.4, -0.2) is 15.5 Å². The Morgan fingerprint density at radius 1 is 1.00 bits per heavy atom. The van der Waals surface area contributed by atoms with Crippen molar-refractivity contribution in [3.05, 3.63) is 60.3 Å². The van der Waals surface area contributed by atoms with Gasteiger partial charge in [-0.1, -0.05) is 36.4 Å². The third-order valence-corrected chi connectivity index (χ3v) is 4.24. The van der Waals surface area contributed by atoms with Gasteiger partial charge in [-0.3, -0.25) is 4.68 Å². The molecule has 4 heteroatoms. The first kappa shape index (κ1) is 13.2. The summed E-state index contributed by atoms with van der Waals surface area (Å²) in [5.41, 5.74) is 7.91. The van der Waals surface area contributed by atoms with Crippen molar-refractivity contribution < 1.29 is 0 Å². The van der Waals surface area contributed by atoms with Crippen LogP contribution in [0.5, 0.6) is 0 Å². The Morgan fingerprint density at radius 3 is 2.55 bits per heavy atom. The highest BCUT2D eigenvalue weighted by molar-refractivity contribution is 7.99. The van der Waals surface area contributed by atoms with Gasteiger partial charge in [-0.15, -0.1) is 11.8 Å². The van der Waals surface area contributed by atoms with Gasteiger partial charge >= 0.3 is 0 Å². The van der Waals surface area contributed by atoms with Gasteiger partial charge in [0.15, 0.2) is 0 Å². The lowest BCUT2D eigenvalue weighted by atomic mass is 10.2. The third kappa shape index (κ3) is 2.71. The van der Waals surface area contributed by atoms with E-state index in [9.17, 15) is 0 Å². The number of para-hydroxylation sites is 1. The van der Waals surface area contributed by atoms with Crippen LogP contribution >= 0.6 is 11.8 Å². The second-order valence-corrected chi connectivity index (χ2v) is 5.72. The summed E-state index contributed by atoms with van der Waals surface area (Å²) in [7, 11) is 0. The first-order valence-corrected chi connectivity index (χ1v) is 7.69. The molecule has 20 heavy (non-hydrogen) atoms.